The largest absolute Gasteiger partial charge is 0.481 e. The average molecular weight is 481 g/mol. The van der Waals surface area contributed by atoms with Crippen molar-refractivity contribution in [1.29, 1.82) is 0 Å². The number of amides is 2. The minimum atomic E-state index is -1.06. The number of unbranched alkanes of at least 4 members (excludes halogenated alkanes) is 1. The fraction of sp³-hybridized carbons (Fsp3) is 0.364. The Bertz CT molecular complexity index is 935. The number of hydrazine groups is 1. The number of aromatic nitrogens is 1. The molecule has 0 aliphatic rings. The Morgan fingerprint density at radius 3 is 2.34 bits per heavy atom. The number of nitrogens with zero attached hydrogens (tertiary/aromatic N) is 1. The zero-order valence-electron chi connectivity index (χ0n) is 17.7. The summed E-state index contributed by atoms with van der Waals surface area (Å²) < 4.78 is 0. The molecule has 0 aliphatic carbocycles. The first-order chi connectivity index (χ1) is 15.2. The Labute approximate surface area is 196 Å². The molecule has 172 valence electrons. The van der Waals surface area contributed by atoms with Gasteiger partial charge < -0.3 is 10.4 Å². The summed E-state index contributed by atoms with van der Waals surface area (Å²) in [6, 6.07) is 8.53. The normalized spacial score (nSPS) is 11.5. The first-order valence-corrected chi connectivity index (χ1v) is 10.9. The molecule has 0 aliphatic heterocycles. The predicted octanol–water partition coefficient (Wildman–Crippen LogP) is 4.08. The zero-order chi connectivity index (χ0) is 23.5. The number of carbonyl (C=O) groups is 3. The van der Waals surface area contributed by atoms with Crippen molar-refractivity contribution in [2.45, 2.75) is 44.9 Å². The number of hydrogen-bond donors (Lipinski definition) is 4. The molecule has 0 saturated heterocycles. The monoisotopic (exact) mass is 480 g/mol. The maximum absolute atomic E-state index is 12.2. The van der Waals surface area contributed by atoms with Gasteiger partial charge in [0.05, 0.1) is 6.42 Å². The molecule has 1 aromatic heterocycles. The van der Waals surface area contributed by atoms with Gasteiger partial charge in [-0.05, 0) is 61.2 Å². The van der Waals surface area contributed by atoms with E-state index in [4.69, 9.17) is 28.3 Å². The number of aliphatic carboxylic acids is 1. The molecule has 32 heavy (non-hydrogen) atoms. The van der Waals surface area contributed by atoms with Gasteiger partial charge >= 0.3 is 5.97 Å². The second-order valence-electron chi connectivity index (χ2n) is 7.40. The molecule has 1 heterocycles. The lowest BCUT2D eigenvalue weighted by molar-refractivity contribution is -0.137. The van der Waals surface area contributed by atoms with Crippen molar-refractivity contribution < 1.29 is 19.5 Å². The van der Waals surface area contributed by atoms with Crippen LogP contribution in [0.2, 0.25) is 10.0 Å². The molecular weight excluding hydrogens is 455 g/mol. The topological polar surface area (TPSA) is 120 Å². The Hall–Kier alpha value is -2.84. The Morgan fingerprint density at radius 2 is 1.69 bits per heavy atom. The van der Waals surface area contributed by atoms with E-state index in [2.05, 4.69) is 21.2 Å². The SMILES string of the molecule is Cc1ccnc(NCCCCC(=O)NNC(=O)CC(CC(=O)O)c2cc(Cl)cc(Cl)c2)c1. The van der Waals surface area contributed by atoms with E-state index in [1.54, 1.807) is 18.3 Å². The third-order valence-corrected chi connectivity index (χ3v) is 5.04. The van der Waals surface area contributed by atoms with Crippen molar-refractivity contribution in [3.63, 3.8) is 0 Å². The van der Waals surface area contributed by atoms with Gasteiger partial charge in [-0.3, -0.25) is 25.2 Å². The number of nitrogens with one attached hydrogen (secondary N) is 3. The van der Waals surface area contributed by atoms with Crippen molar-refractivity contribution in [2.75, 3.05) is 11.9 Å². The van der Waals surface area contributed by atoms with E-state index in [-0.39, 0.29) is 25.2 Å². The zero-order valence-corrected chi connectivity index (χ0v) is 19.2. The van der Waals surface area contributed by atoms with Crippen LogP contribution in [-0.2, 0) is 14.4 Å². The van der Waals surface area contributed by atoms with E-state index < -0.39 is 17.8 Å². The second kappa shape index (κ2) is 12.9. The summed E-state index contributed by atoms with van der Waals surface area (Å²) in [4.78, 5) is 39.6. The molecule has 0 fully saturated rings. The number of benzene rings is 1. The van der Waals surface area contributed by atoms with Crippen LogP contribution in [0.3, 0.4) is 0 Å². The molecule has 0 spiro atoms. The van der Waals surface area contributed by atoms with Crippen molar-refractivity contribution in [2.24, 2.45) is 0 Å². The molecule has 1 unspecified atom stereocenters. The van der Waals surface area contributed by atoms with Gasteiger partial charge in [0.1, 0.15) is 5.82 Å². The number of rotatable bonds is 11. The Morgan fingerprint density at radius 1 is 1.00 bits per heavy atom. The highest BCUT2D eigenvalue weighted by Crippen LogP contribution is 2.29. The summed E-state index contributed by atoms with van der Waals surface area (Å²) in [6.45, 7) is 2.66. The minimum Gasteiger partial charge on any atom is -0.481 e. The lowest BCUT2D eigenvalue weighted by atomic mass is 9.92. The Balaban J connectivity index is 1.72. The van der Waals surface area contributed by atoms with E-state index in [9.17, 15) is 14.4 Å². The van der Waals surface area contributed by atoms with Gasteiger partial charge in [-0.2, -0.15) is 0 Å². The van der Waals surface area contributed by atoms with Gasteiger partial charge in [-0.1, -0.05) is 23.2 Å². The van der Waals surface area contributed by atoms with Crippen molar-refractivity contribution in [3.05, 3.63) is 57.7 Å². The molecule has 2 amide bonds. The number of halogens is 2. The van der Waals surface area contributed by atoms with Crippen LogP contribution in [0.1, 0.15) is 49.1 Å². The van der Waals surface area contributed by atoms with Crippen molar-refractivity contribution >= 4 is 46.8 Å². The standard InChI is InChI=1S/C22H26Cl2N4O4/c1-14-5-7-26-19(8-14)25-6-3-2-4-20(29)27-28-21(30)11-16(12-22(31)32)15-9-17(23)13-18(24)10-15/h5,7-10,13,16H,2-4,6,11-12H2,1H3,(H,25,26)(H,27,29)(H,28,30)(H,31,32). The predicted molar refractivity (Wildman–Crippen MR) is 124 cm³/mol. The lowest BCUT2D eigenvalue weighted by Gasteiger charge is -2.16. The molecule has 2 aromatic rings. The van der Waals surface area contributed by atoms with E-state index >= 15 is 0 Å². The summed E-state index contributed by atoms with van der Waals surface area (Å²) in [7, 11) is 0. The maximum atomic E-state index is 12.2. The van der Waals surface area contributed by atoms with Crippen LogP contribution in [0.5, 0.6) is 0 Å². The van der Waals surface area contributed by atoms with Gasteiger partial charge in [0.2, 0.25) is 11.8 Å². The number of hydrogen-bond acceptors (Lipinski definition) is 5. The molecule has 1 atom stereocenters. The summed E-state index contributed by atoms with van der Waals surface area (Å²) >= 11 is 12.0. The van der Waals surface area contributed by atoms with E-state index in [1.165, 1.54) is 6.07 Å². The average Bonchev–Trinajstić information content (AvgIpc) is 2.70. The molecule has 4 N–H and O–H groups in total. The van der Waals surface area contributed by atoms with Gasteiger partial charge in [0, 0.05) is 41.5 Å². The number of pyridine rings is 1. The summed E-state index contributed by atoms with van der Waals surface area (Å²) in [5.74, 6) is -1.74. The Kier molecular flexibility index (Phi) is 10.2. The molecule has 1 aromatic carbocycles. The van der Waals surface area contributed by atoms with Crippen LogP contribution in [-0.4, -0.2) is 34.4 Å². The van der Waals surface area contributed by atoms with Crippen LogP contribution in [0.15, 0.2) is 36.5 Å². The van der Waals surface area contributed by atoms with E-state index in [0.717, 1.165) is 17.8 Å². The van der Waals surface area contributed by atoms with Gasteiger partial charge in [0.15, 0.2) is 0 Å². The minimum absolute atomic E-state index is 0.142. The first-order valence-electron chi connectivity index (χ1n) is 10.1. The molecule has 8 nitrogen and oxygen atoms in total. The van der Waals surface area contributed by atoms with Crippen LogP contribution >= 0.6 is 23.2 Å². The highest BCUT2D eigenvalue weighted by atomic mass is 35.5. The van der Waals surface area contributed by atoms with E-state index in [0.29, 0.717) is 28.6 Å². The fourth-order valence-electron chi connectivity index (χ4n) is 3.07. The third-order valence-electron chi connectivity index (χ3n) is 4.60. The maximum Gasteiger partial charge on any atom is 0.303 e. The van der Waals surface area contributed by atoms with Crippen molar-refractivity contribution in [1.82, 2.24) is 15.8 Å². The van der Waals surface area contributed by atoms with Gasteiger partial charge in [-0.15, -0.1) is 0 Å². The van der Waals surface area contributed by atoms with Gasteiger partial charge in [-0.25, -0.2) is 4.98 Å². The first kappa shape index (κ1) is 25.4. The summed E-state index contributed by atoms with van der Waals surface area (Å²) in [5, 5.41) is 13.1. The number of aryl methyl sites for hydroxylation is 1. The van der Waals surface area contributed by atoms with Crippen LogP contribution < -0.4 is 16.2 Å². The quantitative estimate of drug-likeness (QED) is 0.284. The fourth-order valence-corrected chi connectivity index (χ4v) is 3.61. The molecule has 10 heteroatoms. The number of carboxylic acids is 1. The summed E-state index contributed by atoms with van der Waals surface area (Å²) in [5.41, 5.74) is 6.35. The number of anilines is 1. The van der Waals surface area contributed by atoms with E-state index in [1.807, 2.05) is 19.1 Å². The molecule has 0 bridgehead atoms. The smallest absolute Gasteiger partial charge is 0.303 e. The molecule has 2 rings (SSSR count). The van der Waals surface area contributed by atoms with Gasteiger partial charge in [0.25, 0.3) is 0 Å². The highest BCUT2D eigenvalue weighted by Gasteiger charge is 2.20. The van der Waals surface area contributed by atoms with Crippen LogP contribution in [0, 0.1) is 6.92 Å². The molecular formula is C22H26Cl2N4O4. The second-order valence-corrected chi connectivity index (χ2v) is 8.27. The lowest BCUT2D eigenvalue weighted by Crippen LogP contribution is -2.42. The highest BCUT2D eigenvalue weighted by molar-refractivity contribution is 6.34. The summed E-state index contributed by atoms with van der Waals surface area (Å²) in [6.07, 6.45) is 2.94. The molecule has 0 radical (unpaired) electrons. The number of carboxylic acid groups (broad SMARTS) is 1. The van der Waals surface area contributed by atoms with Crippen molar-refractivity contribution in [3.8, 4) is 0 Å². The molecule has 0 saturated carbocycles. The van der Waals surface area contributed by atoms with Crippen LogP contribution in [0.25, 0.3) is 0 Å². The third kappa shape index (κ3) is 9.53. The van der Waals surface area contributed by atoms with Crippen LogP contribution in [0.4, 0.5) is 5.82 Å². The number of carbonyl (C=O) groups excluding carboxylic acids is 2.